The second kappa shape index (κ2) is 6.68. The first-order valence-electron chi connectivity index (χ1n) is 5.31. The minimum absolute atomic E-state index is 0.676. The molecule has 0 aliphatic carbocycles. The number of hydrogen-bond acceptors (Lipinski definition) is 3. The summed E-state index contributed by atoms with van der Waals surface area (Å²) in [6, 6.07) is 0.676. The molecule has 0 bridgehead atoms. The van der Waals surface area contributed by atoms with Gasteiger partial charge in [0.2, 0.25) is 0 Å². The van der Waals surface area contributed by atoms with E-state index in [1.54, 1.807) is 0 Å². The minimum Gasteiger partial charge on any atom is -0.329 e. The van der Waals surface area contributed by atoms with Crippen LogP contribution < -0.4 is 5.73 Å². The molecule has 0 aromatic heterocycles. The highest BCUT2D eigenvalue weighted by Gasteiger charge is 2.19. The van der Waals surface area contributed by atoms with Gasteiger partial charge in [0.25, 0.3) is 0 Å². The van der Waals surface area contributed by atoms with Gasteiger partial charge in [0.05, 0.1) is 0 Å². The molecule has 1 heterocycles. The summed E-state index contributed by atoms with van der Waals surface area (Å²) in [6.45, 7) is 3.37. The molecule has 1 fully saturated rings. The van der Waals surface area contributed by atoms with Gasteiger partial charge in [0.15, 0.2) is 0 Å². The molecule has 0 amide bonds. The third kappa shape index (κ3) is 3.88. The third-order valence-electron chi connectivity index (χ3n) is 2.81. The summed E-state index contributed by atoms with van der Waals surface area (Å²) >= 11 is 1.94. The molecule has 1 aliphatic heterocycles. The van der Waals surface area contributed by atoms with Crippen molar-refractivity contribution in [2.24, 2.45) is 5.73 Å². The van der Waals surface area contributed by atoms with Crippen molar-refractivity contribution in [1.29, 1.82) is 0 Å². The average molecular weight is 202 g/mol. The van der Waals surface area contributed by atoms with Crippen LogP contribution in [0.2, 0.25) is 0 Å². The van der Waals surface area contributed by atoms with E-state index in [9.17, 15) is 0 Å². The zero-order valence-electron chi connectivity index (χ0n) is 8.67. The van der Waals surface area contributed by atoms with Crippen molar-refractivity contribution >= 4 is 11.8 Å². The predicted octanol–water partition coefficient (Wildman–Crippen LogP) is 1.55. The lowest BCUT2D eigenvalue weighted by molar-refractivity contribution is 0.154. The van der Waals surface area contributed by atoms with Crippen molar-refractivity contribution in [1.82, 2.24) is 4.90 Å². The molecular formula is C10H22N2S. The number of thioether (sulfide) groups is 1. The zero-order valence-corrected chi connectivity index (χ0v) is 9.48. The van der Waals surface area contributed by atoms with Crippen molar-refractivity contribution in [3.05, 3.63) is 0 Å². The molecule has 0 saturated carbocycles. The van der Waals surface area contributed by atoms with Crippen molar-refractivity contribution in [2.45, 2.75) is 31.7 Å². The van der Waals surface area contributed by atoms with E-state index < -0.39 is 0 Å². The van der Waals surface area contributed by atoms with Crippen LogP contribution in [0.3, 0.4) is 0 Å². The van der Waals surface area contributed by atoms with Crippen LogP contribution in [-0.4, -0.2) is 42.6 Å². The first kappa shape index (κ1) is 11.3. The standard InChI is InChI=1S/C10H22N2S/c1-13-8-4-7-12-6-3-2-5-10(12)9-11/h10H,2-9,11H2,1H3. The molecule has 1 unspecified atom stereocenters. The van der Waals surface area contributed by atoms with Gasteiger partial charge in [-0.2, -0.15) is 11.8 Å². The minimum atomic E-state index is 0.676. The second-order valence-electron chi connectivity index (χ2n) is 3.77. The maximum atomic E-state index is 5.75. The SMILES string of the molecule is CSCCCN1CCCCC1CN. The Balaban J connectivity index is 2.19. The molecule has 2 nitrogen and oxygen atoms in total. The lowest BCUT2D eigenvalue weighted by Gasteiger charge is -2.34. The smallest absolute Gasteiger partial charge is 0.0218 e. The molecule has 0 spiro atoms. The fraction of sp³-hybridized carbons (Fsp3) is 1.00. The Bertz CT molecular complexity index is 130. The van der Waals surface area contributed by atoms with E-state index in [4.69, 9.17) is 5.73 Å². The molecule has 1 saturated heterocycles. The van der Waals surface area contributed by atoms with E-state index in [1.807, 2.05) is 11.8 Å². The summed E-state index contributed by atoms with van der Waals surface area (Å²) in [7, 11) is 0. The summed E-state index contributed by atoms with van der Waals surface area (Å²) in [4.78, 5) is 2.58. The Morgan fingerprint density at radius 2 is 2.31 bits per heavy atom. The number of nitrogens with zero attached hydrogens (tertiary/aromatic N) is 1. The molecule has 0 aromatic carbocycles. The molecular weight excluding hydrogens is 180 g/mol. The number of likely N-dealkylation sites (tertiary alicyclic amines) is 1. The molecule has 1 atom stereocenters. The maximum Gasteiger partial charge on any atom is 0.0218 e. The molecule has 1 rings (SSSR count). The normalized spacial score (nSPS) is 24.9. The van der Waals surface area contributed by atoms with Gasteiger partial charge in [-0.1, -0.05) is 6.42 Å². The van der Waals surface area contributed by atoms with E-state index in [2.05, 4.69) is 11.2 Å². The molecule has 13 heavy (non-hydrogen) atoms. The van der Waals surface area contributed by atoms with Gasteiger partial charge >= 0.3 is 0 Å². The van der Waals surface area contributed by atoms with Crippen LogP contribution in [0.25, 0.3) is 0 Å². The zero-order chi connectivity index (χ0) is 9.52. The monoisotopic (exact) mass is 202 g/mol. The fourth-order valence-electron chi connectivity index (χ4n) is 2.03. The van der Waals surface area contributed by atoms with Crippen LogP contribution in [-0.2, 0) is 0 Å². The number of piperidine rings is 1. The first-order valence-corrected chi connectivity index (χ1v) is 6.71. The summed E-state index contributed by atoms with van der Waals surface area (Å²) in [5.41, 5.74) is 5.75. The Labute approximate surface area is 86.2 Å². The van der Waals surface area contributed by atoms with Crippen LogP contribution in [0.4, 0.5) is 0 Å². The van der Waals surface area contributed by atoms with E-state index in [0.29, 0.717) is 6.04 Å². The fourth-order valence-corrected chi connectivity index (χ4v) is 2.45. The van der Waals surface area contributed by atoms with Crippen LogP contribution in [0.1, 0.15) is 25.7 Å². The van der Waals surface area contributed by atoms with Crippen molar-refractivity contribution in [3.8, 4) is 0 Å². The Hall–Kier alpha value is 0.270. The van der Waals surface area contributed by atoms with Crippen molar-refractivity contribution in [3.63, 3.8) is 0 Å². The molecule has 3 heteroatoms. The average Bonchev–Trinajstić information content (AvgIpc) is 2.19. The number of hydrogen-bond donors (Lipinski definition) is 1. The lowest BCUT2D eigenvalue weighted by atomic mass is 10.0. The van der Waals surface area contributed by atoms with E-state index in [-0.39, 0.29) is 0 Å². The van der Waals surface area contributed by atoms with E-state index >= 15 is 0 Å². The predicted molar refractivity (Wildman–Crippen MR) is 61.3 cm³/mol. The van der Waals surface area contributed by atoms with Gasteiger partial charge in [-0.05, 0) is 44.4 Å². The van der Waals surface area contributed by atoms with Crippen molar-refractivity contribution < 1.29 is 0 Å². The third-order valence-corrected chi connectivity index (χ3v) is 3.51. The lowest BCUT2D eigenvalue weighted by Crippen LogP contribution is -2.44. The Kier molecular flexibility index (Phi) is 5.83. The molecule has 78 valence electrons. The Morgan fingerprint density at radius 3 is 3.00 bits per heavy atom. The number of nitrogens with two attached hydrogens (primary N) is 1. The Morgan fingerprint density at radius 1 is 1.46 bits per heavy atom. The highest BCUT2D eigenvalue weighted by molar-refractivity contribution is 7.98. The van der Waals surface area contributed by atoms with Crippen molar-refractivity contribution in [2.75, 3.05) is 31.6 Å². The first-order chi connectivity index (χ1) is 6.38. The van der Waals surface area contributed by atoms with Crippen LogP contribution in [0, 0.1) is 0 Å². The van der Waals surface area contributed by atoms with Gasteiger partial charge in [-0.3, -0.25) is 4.90 Å². The van der Waals surface area contributed by atoms with Gasteiger partial charge in [-0.25, -0.2) is 0 Å². The summed E-state index contributed by atoms with van der Waals surface area (Å²) in [6.07, 6.45) is 7.56. The molecule has 0 radical (unpaired) electrons. The van der Waals surface area contributed by atoms with Gasteiger partial charge in [-0.15, -0.1) is 0 Å². The molecule has 0 aromatic rings. The summed E-state index contributed by atoms with van der Waals surface area (Å²) in [5.74, 6) is 1.29. The quantitative estimate of drug-likeness (QED) is 0.686. The molecule has 1 aliphatic rings. The van der Waals surface area contributed by atoms with Gasteiger partial charge < -0.3 is 5.73 Å². The highest BCUT2D eigenvalue weighted by Crippen LogP contribution is 2.16. The maximum absolute atomic E-state index is 5.75. The van der Waals surface area contributed by atoms with Crippen LogP contribution in [0.15, 0.2) is 0 Å². The largest absolute Gasteiger partial charge is 0.329 e. The van der Waals surface area contributed by atoms with Gasteiger partial charge in [0, 0.05) is 12.6 Å². The second-order valence-corrected chi connectivity index (χ2v) is 4.75. The topological polar surface area (TPSA) is 29.3 Å². The van der Waals surface area contributed by atoms with Crippen LogP contribution in [0.5, 0.6) is 0 Å². The van der Waals surface area contributed by atoms with Gasteiger partial charge in [0.1, 0.15) is 0 Å². The van der Waals surface area contributed by atoms with Crippen LogP contribution >= 0.6 is 11.8 Å². The summed E-state index contributed by atoms with van der Waals surface area (Å²) < 4.78 is 0. The van der Waals surface area contributed by atoms with E-state index in [1.165, 1.54) is 44.5 Å². The summed E-state index contributed by atoms with van der Waals surface area (Å²) in [5, 5.41) is 0. The number of rotatable bonds is 5. The highest BCUT2D eigenvalue weighted by atomic mass is 32.2. The molecule has 2 N–H and O–H groups in total. The van der Waals surface area contributed by atoms with E-state index in [0.717, 1.165) is 6.54 Å².